The molecule has 6 nitrogen and oxygen atoms in total. The number of anilines is 2. The number of urea groups is 1. The van der Waals surface area contributed by atoms with Crippen LogP contribution in [0.3, 0.4) is 0 Å². The van der Waals surface area contributed by atoms with E-state index in [4.69, 9.17) is 0 Å². The van der Waals surface area contributed by atoms with Gasteiger partial charge in [-0.1, -0.05) is 30.3 Å². The molecule has 1 fully saturated rings. The Bertz CT molecular complexity index is 1140. The van der Waals surface area contributed by atoms with Crippen LogP contribution in [-0.2, 0) is 16.1 Å². The summed E-state index contributed by atoms with van der Waals surface area (Å²) in [5.74, 6) is -2.01. The normalized spacial score (nSPS) is 15.7. The molecule has 8 heteroatoms. The van der Waals surface area contributed by atoms with Crippen molar-refractivity contribution < 1.29 is 23.2 Å². The number of benzene rings is 3. The van der Waals surface area contributed by atoms with Crippen LogP contribution in [-0.4, -0.2) is 28.8 Å². The van der Waals surface area contributed by atoms with Crippen molar-refractivity contribution in [2.45, 2.75) is 19.0 Å². The zero-order chi connectivity index (χ0) is 22.7. The van der Waals surface area contributed by atoms with Crippen LogP contribution in [0.25, 0.3) is 0 Å². The third-order valence-electron chi connectivity index (χ3n) is 5.14. The Labute approximate surface area is 183 Å². The molecule has 1 aliphatic heterocycles. The zero-order valence-corrected chi connectivity index (χ0v) is 16.9. The van der Waals surface area contributed by atoms with Gasteiger partial charge in [0.2, 0.25) is 5.91 Å². The van der Waals surface area contributed by atoms with Gasteiger partial charge in [-0.25, -0.2) is 18.5 Å². The maximum Gasteiger partial charge on any atom is 0.322 e. The number of nitrogens with zero attached hydrogens (tertiary/aromatic N) is 2. The summed E-state index contributed by atoms with van der Waals surface area (Å²) in [6.45, 7) is -0.0140. The monoisotopic (exact) mass is 435 g/mol. The summed E-state index contributed by atoms with van der Waals surface area (Å²) in [4.78, 5) is 41.2. The van der Waals surface area contributed by atoms with Gasteiger partial charge < -0.3 is 10.2 Å². The molecule has 0 saturated carbocycles. The van der Waals surface area contributed by atoms with E-state index in [2.05, 4.69) is 5.32 Å². The number of hydrogen-bond acceptors (Lipinski definition) is 3. The van der Waals surface area contributed by atoms with E-state index in [9.17, 15) is 23.2 Å². The second-order valence-corrected chi connectivity index (χ2v) is 7.31. The first kappa shape index (κ1) is 21.2. The van der Waals surface area contributed by atoms with E-state index in [0.29, 0.717) is 11.3 Å². The Balaban J connectivity index is 1.63. The predicted molar refractivity (Wildman–Crippen MR) is 115 cm³/mol. The number of nitrogens with one attached hydrogen (secondary N) is 1. The Kier molecular flexibility index (Phi) is 5.93. The Morgan fingerprint density at radius 3 is 2.12 bits per heavy atom. The van der Waals surface area contributed by atoms with E-state index in [1.54, 1.807) is 30.3 Å². The highest BCUT2D eigenvalue weighted by molar-refractivity contribution is 6.23. The minimum Gasteiger partial charge on any atom is -0.308 e. The fourth-order valence-electron chi connectivity index (χ4n) is 3.55. The summed E-state index contributed by atoms with van der Waals surface area (Å²) in [5, 5.41) is 2.73. The molecule has 1 heterocycles. The lowest BCUT2D eigenvalue weighted by molar-refractivity contribution is -0.122. The first-order valence-corrected chi connectivity index (χ1v) is 9.92. The maximum atomic E-state index is 13.3. The van der Waals surface area contributed by atoms with Crippen LogP contribution < -0.4 is 10.2 Å². The number of carbonyl (C=O) groups is 3. The van der Waals surface area contributed by atoms with Gasteiger partial charge in [-0.05, 0) is 54.1 Å². The summed E-state index contributed by atoms with van der Waals surface area (Å²) in [5.41, 5.74) is 1.35. The van der Waals surface area contributed by atoms with Crippen molar-refractivity contribution in [3.8, 4) is 0 Å². The lowest BCUT2D eigenvalue weighted by Crippen LogP contribution is -2.46. The van der Waals surface area contributed by atoms with E-state index >= 15 is 0 Å². The molecular weight excluding hydrogens is 416 g/mol. The topological polar surface area (TPSA) is 69.7 Å². The molecule has 1 aliphatic rings. The summed E-state index contributed by atoms with van der Waals surface area (Å²) in [6.07, 6.45) is -0.223. The zero-order valence-electron chi connectivity index (χ0n) is 16.9. The first-order chi connectivity index (χ1) is 15.4. The molecule has 3 aromatic carbocycles. The van der Waals surface area contributed by atoms with Crippen molar-refractivity contribution in [2.24, 2.45) is 0 Å². The quantitative estimate of drug-likeness (QED) is 0.607. The van der Waals surface area contributed by atoms with Gasteiger partial charge in [0.1, 0.15) is 17.7 Å². The molecule has 32 heavy (non-hydrogen) atoms. The molecule has 0 radical (unpaired) electrons. The van der Waals surface area contributed by atoms with E-state index in [1.807, 2.05) is 0 Å². The maximum absolute atomic E-state index is 13.3. The summed E-state index contributed by atoms with van der Waals surface area (Å²) in [6, 6.07) is 17.6. The van der Waals surface area contributed by atoms with Gasteiger partial charge in [-0.3, -0.25) is 9.59 Å². The molecule has 3 aromatic rings. The molecule has 0 unspecified atom stereocenters. The van der Waals surface area contributed by atoms with Gasteiger partial charge in [-0.15, -0.1) is 0 Å². The van der Waals surface area contributed by atoms with Gasteiger partial charge in [0.05, 0.1) is 12.1 Å². The standard InChI is InChI=1S/C24H19F2N3O3/c25-17-8-6-16(7-9-17)15-28(24(32)27-19-4-2-1-3-5-19)21-14-22(30)29(23(21)31)20-12-10-18(26)11-13-20/h1-13,21H,14-15H2,(H,27,32)/t21-/m0/s1. The van der Waals surface area contributed by atoms with Crippen molar-refractivity contribution >= 4 is 29.2 Å². The van der Waals surface area contributed by atoms with Crippen LogP contribution in [0, 0.1) is 11.6 Å². The molecule has 1 N–H and O–H groups in total. The fourth-order valence-corrected chi connectivity index (χ4v) is 3.55. The van der Waals surface area contributed by atoms with Gasteiger partial charge >= 0.3 is 6.03 Å². The minimum atomic E-state index is -1.07. The molecule has 162 valence electrons. The summed E-state index contributed by atoms with van der Waals surface area (Å²) < 4.78 is 26.6. The lowest BCUT2D eigenvalue weighted by Gasteiger charge is -2.28. The Morgan fingerprint density at radius 1 is 0.906 bits per heavy atom. The number of amides is 4. The number of para-hydroxylation sites is 1. The third kappa shape index (κ3) is 4.49. The van der Waals surface area contributed by atoms with Crippen LogP contribution in [0.4, 0.5) is 25.0 Å². The van der Waals surface area contributed by atoms with E-state index in [0.717, 1.165) is 17.0 Å². The van der Waals surface area contributed by atoms with Crippen molar-refractivity contribution in [1.82, 2.24) is 4.90 Å². The van der Waals surface area contributed by atoms with Crippen molar-refractivity contribution in [3.05, 3.63) is 96.1 Å². The first-order valence-electron chi connectivity index (χ1n) is 9.92. The van der Waals surface area contributed by atoms with Gasteiger partial charge in [0.15, 0.2) is 0 Å². The molecule has 4 amide bonds. The molecule has 4 rings (SSSR count). The minimum absolute atomic E-state index is 0.0140. The average Bonchev–Trinajstić information content (AvgIpc) is 3.08. The summed E-state index contributed by atoms with van der Waals surface area (Å²) in [7, 11) is 0. The molecule has 0 aromatic heterocycles. The van der Waals surface area contributed by atoms with Crippen LogP contribution in [0.5, 0.6) is 0 Å². The highest BCUT2D eigenvalue weighted by atomic mass is 19.1. The Morgan fingerprint density at radius 2 is 1.50 bits per heavy atom. The predicted octanol–water partition coefficient (Wildman–Crippen LogP) is 4.33. The van der Waals surface area contributed by atoms with Crippen molar-refractivity contribution in [1.29, 1.82) is 0 Å². The highest BCUT2D eigenvalue weighted by Gasteiger charge is 2.44. The smallest absolute Gasteiger partial charge is 0.308 e. The van der Waals surface area contributed by atoms with E-state index in [1.165, 1.54) is 41.3 Å². The van der Waals surface area contributed by atoms with Crippen LogP contribution >= 0.6 is 0 Å². The number of halogens is 2. The van der Waals surface area contributed by atoms with Crippen molar-refractivity contribution in [2.75, 3.05) is 10.2 Å². The molecule has 1 saturated heterocycles. The van der Waals surface area contributed by atoms with E-state index in [-0.39, 0.29) is 18.7 Å². The van der Waals surface area contributed by atoms with Crippen LogP contribution in [0.2, 0.25) is 0 Å². The van der Waals surface area contributed by atoms with Crippen LogP contribution in [0.1, 0.15) is 12.0 Å². The number of imide groups is 1. The molecule has 0 aliphatic carbocycles. The SMILES string of the molecule is O=C1C[C@H](N(Cc2ccc(F)cc2)C(=O)Nc2ccccc2)C(=O)N1c1ccc(F)cc1. The summed E-state index contributed by atoms with van der Waals surface area (Å²) >= 11 is 0. The lowest BCUT2D eigenvalue weighted by atomic mass is 10.1. The van der Waals surface area contributed by atoms with Crippen molar-refractivity contribution in [3.63, 3.8) is 0 Å². The van der Waals surface area contributed by atoms with Crippen LogP contribution in [0.15, 0.2) is 78.9 Å². The second kappa shape index (κ2) is 8.97. The average molecular weight is 435 g/mol. The molecular formula is C24H19F2N3O3. The molecule has 0 bridgehead atoms. The highest BCUT2D eigenvalue weighted by Crippen LogP contribution is 2.27. The van der Waals surface area contributed by atoms with Gasteiger partial charge in [0.25, 0.3) is 5.91 Å². The number of rotatable bonds is 5. The van der Waals surface area contributed by atoms with Gasteiger partial charge in [-0.2, -0.15) is 0 Å². The number of hydrogen-bond donors (Lipinski definition) is 1. The van der Waals surface area contributed by atoms with Gasteiger partial charge in [0, 0.05) is 12.2 Å². The molecule has 1 atom stereocenters. The number of carbonyl (C=O) groups excluding carboxylic acids is 3. The third-order valence-corrected chi connectivity index (χ3v) is 5.14. The van der Waals surface area contributed by atoms with E-state index < -0.39 is 35.5 Å². The second-order valence-electron chi connectivity index (χ2n) is 7.31. The molecule has 0 spiro atoms. The largest absolute Gasteiger partial charge is 0.322 e. The Hall–Kier alpha value is -4.07. The fraction of sp³-hybridized carbons (Fsp3) is 0.125.